The minimum Gasteiger partial charge on any atom is -0.469 e. The van der Waals surface area contributed by atoms with E-state index in [-0.39, 0.29) is 11.9 Å². The van der Waals surface area contributed by atoms with E-state index in [0.717, 1.165) is 10.9 Å². The van der Waals surface area contributed by atoms with Gasteiger partial charge in [-0.1, -0.05) is 36.4 Å². The Morgan fingerprint density at radius 1 is 1.12 bits per heavy atom. The fraction of sp³-hybridized carbons (Fsp3) is 0.267. The molecular weight excluding hydrogens is 212 g/mol. The van der Waals surface area contributed by atoms with Gasteiger partial charge in [-0.25, -0.2) is 0 Å². The zero-order valence-electron chi connectivity index (χ0n) is 10.4. The Hall–Kier alpha value is -1.83. The molecule has 88 valence electrons. The summed E-state index contributed by atoms with van der Waals surface area (Å²) in [5.74, 6) is -0.426. The molecule has 0 aliphatic rings. The molecule has 0 aliphatic heterocycles. The van der Waals surface area contributed by atoms with E-state index in [1.807, 2.05) is 25.1 Å². The quantitative estimate of drug-likeness (QED) is 0.736. The number of fused-ring (bicyclic) bond motifs is 1. The molecule has 0 bridgehead atoms. The first-order valence-electron chi connectivity index (χ1n) is 5.71. The van der Waals surface area contributed by atoms with Gasteiger partial charge in [0.25, 0.3) is 0 Å². The SMILES string of the molecule is COC(=O)[C@H](C)c1ccc(C)c2ccccc12. The summed E-state index contributed by atoms with van der Waals surface area (Å²) in [5.41, 5.74) is 2.25. The molecule has 2 aromatic carbocycles. The Morgan fingerprint density at radius 3 is 2.41 bits per heavy atom. The van der Waals surface area contributed by atoms with Gasteiger partial charge in [-0.3, -0.25) is 4.79 Å². The summed E-state index contributed by atoms with van der Waals surface area (Å²) < 4.78 is 4.81. The number of benzene rings is 2. The first-order valence-corrected chi connectivity index (χ1v) is 5.71. The lowest BCUT2D eigenvalue weighted by Crippen LogP contribution is -2.11. The number of methoxy groups -OCH3 is 1. The minimum atomic E-state index is -0.231. The summed E-state index contributed by atoms with van der Waals surface area (Å²) >= 11 is 0. The lowest BCUT2D eigenvalue weighted by Gasteiger charge is -2.13. The largest absolute Gasteiger partial charge is 0.469 e. The first-order chi connectivity index (χ1) is 8.15. The maximum absolute atomic E-state index is 11.6. The van der Waals surface area contributed by atoms with Crippen LogP contribution in [0, 0.1) is 6.92 Å². The lowest BCUT2D eigenvalue weighted by molar-refractivity contribution is -0.141. The Balaban J connectivity index is 2.63. The second-order valence-electron chi connectivity index (χ2n) is 4.26. The molecule has 0 N–H and O–H groups in total. The summed E-state index contributed by atoms with van der Waals surface area (Å²) in [4.78, 5) is 11.6. The second-order valence-corrected chi connectivity index (χ2v) is 4.26. The van der Waals surface area contributed by atoms with Crippen LogP contribution < -0.4 is 0 Å². The molecule has 2 heteroatoms. The number of aryl methyl sites for hydroxylation is 1. The van der Waals surface area contributed by atoms with Crippen LogP contribution in [-0.4, -0.2) is 13.1 Å². The van der Waals surface area contributed by atoms with Gasteiger partial charge in [-0.05, 0) is 35.7 Å². The van der Waals surface area contributed by atoms with Crippen molar-refractivity contribution in [2.24, 2.45) is 0 Å². The van der Waals surface area contributed by atoms with Gasteiger partial charge in [-0.15, -0.1) is 0 Å². The molecule has 0 unspecified atom stereocenters. The third-order valence-corrected chi connectivity index (χ3v) is 3.20. The maximum atomic E-state index is 11.6. The summed E-state index contributed by atoms with van der Waals surface area (Å²) in [7, 11) is 1.43. The first kappa shape index (κ1) is 11.6. The molecule has 0 saturated carbocycles. The molecule has 2 rings (SSSR count). The molecule has 0 heterocycles. The van der Waals surface area contributed by atoms with Gasteiger partial charge in [0.15, 0.2) is 0 Å². The number of carbonyl (C=O) groups excluding carboxylic acids is 1. The van der Waals surface area contributed by atoms with Crippen LogP contribution in [-0.2, 0) is 9.53 Å². The normalized spacial score (nSPS) is 12.4. The Bertz CT molecular complexity index is 558. The fourth-order valence-electron chi connectivity index (χ4n) is 2.15. The van der Waals surface area contributed by atoms with E-state index >= 15 is 0 Å². The van der Waals surface area contributed by atoms with Gasteiger partial charge in [0.2, 0.25) is 0 Å². The zero-order chi connectivity index (χ0) is 12.4. The predicted octanol–water partition coefficient (Wildman–Crippen LogP) is 3.42. The van der Waals surface area contributed by atoms with Crippen LogP contribution in [0.3, 0.4) is 0 Å². The minimum absolute atomic E-state index is 0.195. The molecule has 1 atom stereocenters. The Morgan fingerprint density at radius 2 is 1.76 bits per heavy atom. The average molecular weight is 228 g/mol. The molecule has 0 aliphatic carbocycles. The van der Waals surface area contributed by atoms with E-state index in [0.29, 0.717) is 0 Å². The molecule has 17 heavy (non-hydrogen) atoms. The molecule has 0 aromatic heterocycles. The molecule has 0 spiro atoms. The predicted molar refractivity (Wildman–Crippen MR) is 69.1 cm³/mol. The van der Waals surface area contributed by atoms with Crippen molar-refractivity contribution in [2.45, 2.75) is 19.8 Å². The van der Waals surface area contributed by atoms with Crippen molar-refractivity contribution in [3.63, 3.8) is 0 Å². The van der Waals surface area contributed by atoms with Crippen molar-refractivity contribution in [3.05, 3.63) is 47.5 Å². The van der Waals surface area contributed by atoms with Crippen molar-refractivity contribution in [1.29, 1.82) is 0 Å². The van der Waals surface area contributed by atoms with E-state index in [1.165, 1.54) is 18.1 Å². The molecule has 2 nitrogen and oxygen atoms in total. The average Bonchev–Trinajstić information content (AvgIpc) is 2.38. The summed E-state index contributed by atoms with van der Waals surface area (Å²) in [6.07, 6.45) is 0. The van der Waals surface area contributed by atoms with Crippen LogP contribution >= 0.6 is 0 Å². The van der Waals surface area contributed by atoms with E-state index in [1.54, 1.807) is 0 Å². The van der Waals surface area contributed by atoms with Crippen LogP contribution in [0.4, 0.5) is 0 Å². The van der Waals surface area contributed by atoms with Crippen LogP contribution in [0.15, 0.2) is 36.4 Å². The molecule has 0 saturated heterocycles. The van der Waals surface area contributed by atoms with Crippen LogP contribution in [0.25, 0.3) is 10.8 Å². The summed E-state index contributed by atoms with van der Waals surface area (Å²) in [6.45, 7) is 3.96. The highest BCUT2D eigenvalue weighted by molar-refractivity contribution is 5.92. The summed E-state index contributed by atoms with van der Waals surface area (Å²) in [6, 6.07) is 12.2. The van der Waals surface area contributed by atoms with Gasteiger partial charge in [0.1, 0.15) is 0 Å². The van der Waals surface area contributed by atoms with E-state index < -0.39 is 0 Å². The third-order valence-electron chi connectivity index (χ3n) is 3.20. The summed E-state index contributed by atoms with van der Waals surface area (Å²) in [5, 5.41) is 2.33. The van der Waals surface area contributed by atoms with Gasteiger partial charge in [0, 0.05) is 0 Å². The maximum Gasteiger partial charge on any atom is 0.312 e. The Labute approximate surface area is 101 Å². The molecular formula is C15H16O2. The van der Waals surface area contributed by atoms with Crippen molar-refractivity contribution >= 4 is 16.7 Å². The Kier molecular flexibility index (Phi) is 3.14. The van der Waals surface area contributed by atoms with Crippen molar-refractivity contribution in [1.82, 2.24) is 0 Å². The highest BCUT2D eigenvalue weighted by atomic mass is 16.5. The van der Waals surface area contributed by atoms with E-state index in [4.69, 9.17) is 4.74 Å². The molecule has 2 aromatic rings. The van der Waals surface area contributed by atoms with Crippen LogP contribution in [0.1, 0.15) is 24.0 Å². The molecule has 0 fully saturated rings. The van der Waals surface area contributed by atoms with E-state index in [9.17, 15) is 4.79 Å². The second kappa shape index (κ2) is 4.58. The number of hydrogen-bond acceptors (Lipinski definition) is 2. The van der Waals surface area contributed by atoms with Crippen molar-refractivity contribution in [2.75, 3.05) is 7.11 Å². The van der Waals surface area contributed by atoms with Gasteiger partial charge < -0.3 is 4.74 Å². The lowest BCUT2D eigenvalue weighted by atomic mass is 9.93. The number of carbonyl (C=O) groups is 1. The topological polar surface area (TPSA) is 26.3 Å². The number of hydrogen-bond donors (Lipinski definition) is 0. The van der Waals surface area contributed by atoms with Gasteiger partial charge in [0.05, 0.1) is 13.0 Å². The highest BCUT2D eigenvalue weighted by Gasteiger charge is 2.18. The van der Waals surface area contributed by atoms with Gasteiger partial charge >= 0.3 is 5.97 Å². The van der Waals surface area contributed by atoms with Gasteiger partial charge in [-0.2, -0.15) is 0 Å². The standard InChI is InChI=1S/C15H16O2/c1-10-8-9-13(11(2)15(16)17-3)14-7-5-4-6-12(10)14/h4-9,11H,1-3H3/t11-/m1/s1. The van der Waals surface area contributed by atoms with Crippen LogP contribution in [0.2, 0.25) is 0 Å². The monoisotopic (exact) mass is 228 g/mol. The van der Waals surface area contributed by atoms with Crippen molar-refractivity contribution in [3.8, 4) is 0 Å². The zero-order valence-corrected chi connectivity index (χ0v) is 10.4. The van der Waals surface area contributed by atoms with Crippen LogP contribution in [0.5, 0.6) is 0 Å². The highest BCUT2D eigenvalue weighted by Crippen LogP contribution is 2.28. The number of esters is 1. The number of rotatable bonds is 2. The third kappa shape index (κ3) is 2.03. The van der Waals surface area contributed by atoms with Crippen molar-refractivity contribution < 1.29 is 9.53 Å². The van der Waals surface area contributed by atoms with E-state index in [2.05, 4.69) is 25.1 Å². The number of ether oxygens (including phenoxy) is 1. The molecule has 0 amide bonds. The smallest absolute Gasteiger partial charge is 0.312 e. The fourth-order valence-corrected chi connectivity index (χ4v) is 2.15. The molecule has 0 radical (unpaired) electrons.